The molecule has 129 valence electrons. The molecule has 2 heterocycles. The van der Waals surface area contributed by atoms with Crippen molar-refractivity contribution in [3.05, 3.63) is 79.4 Å². The standard InChI is InChI=1S/C19H14N3O2.Au/c23-17-7-3-1-5-14(17)15-9-10-19(20-15)22-12-11-21(13-22)16-6-2-4-8-18(16)24;/h1-12,23-24H;/q-1;. The third kappa shape index (κ3) is 3.25. The Balaban J connectivity index is 0.00000182. The van der Waals surface area contributed by atoms with Crippen molar-refractivity contribution in [3.8, 4) is 34.3 Å². The van der Waals surface area contributed by atoms with Crippen molar-refractivity contribution in [2.45, 2.75) is 0 Å². The van der Waals surface area contributed by atoms with E-state index in [0.717, 1.165) is 0 Å². The Kier molecular flexibility index (Phi) is 4.81. The van der Waals surface area contributed by atoms with Crippen LogP contribution in [0, 0.1) is 6.33 Å². The Morgan fingerprint density at radius 1 is 0.880 bits per heavy atom. The van der Waals surface area contributed by atoms with Gasteiger partial charge in [-0.1, -0.05) is 42.5 Å². The minimum Gasteiger partial charge on any atom is -0.511 e. The minimum atomic E-state index is 0. The molecule has 2 aromatic carbocycles. The predicted octanol–water partition coefficient (Wildman–Crippen LogP) is 2.59. The summed E-state index contributed by atoms with van der Waals surface area (Å²) in [6.45, 7) is 0. The van der Waals surface area contributed by atoms with Crippen LogP contribution in [0.1, 0.15) is 0 Å². The van der Waals surface area contributed by atoms with Crippen molar-refractivity contribution < 1.29 is 37.2 Å². The molecule has 0 amide bonds. The van der Waals surface area contributed by atoms with E-state index in [4.69, 9.17) is 0 Å². The number of benzene rings is 2. The first-order valence-corrected chi connectivity index (χ1v) is 7.45. The van der Waals surface area contributed by atoms with Gasteiger partial charge in [-0.25, -0.2) is 0 Å². The molecule has 0 atom stereocenters. The summed E-state index contributed by atoms with van der Waals surface area (Å²) in [5.74, 6) is 1.06. The second kappa shape index (κ2) is 7.03. The maximum Gasteiger partial charge on any atom is 0.129 e. The first kappa shape index (κ1) is 17.1. The second-order valence-corrected chi connectivity index (χ2v) is 5.33. The van der Waals surface area contributed by atoms with Crippen molar-refractivity contribution in [1.29, 1.82) is 0 Å². The topological polar surface area (TPSA) is 63.4 Å². The number of nitrogens with zero attached hydrogens (tertiary/aromatic N) is 3. The molecule has 0 unspecified atom stereocenters. The normalized spacial score (nSPS) is 10.4. The molecule has 0 fully saturated rings. The molecule has 2 N–H and O–H groups in total. The van der Waals surface area contributed by atoms with Gasteiger partial charge in [0, 0.05) is 34.3 Å². The average molecular weight is 513 g/mol. The van der Waals surface area contributed by atoms with Crippen molar-refractivity contribution in [1.82, 2.24) is 9.55 Å². The van der Waals surface area contributed by atoms with Gasteiger partial charge in [0.05, 0.1) is 0 Å². The first-order valence-electron chi connectivity index (χ1n) is 7.45. The smallest absolute Gasteiger partial charge is 0.129 e. The van der Waals surface area contributed by atoms with Crippen LogP contribution in [0.2, 0.25) is 0 Å². The molecule has 1 radical (unpaired) electrons. The number of hydrogen-bond acceptors (Lipinski definition) is 2. The molecule has 4 aromatic rings. The van der Waals surface area contributed by atoms with E-state index >= 15 is 0 Å². The summed E-state index contributed by atoms with van der Waals surface area (Å²) in [4.78, 5) is 4.54. The monoisotopic (exact) mass is 513 g/mol. The summed E-state index contributed by atoms with van der Waals surface area (Å²) in [6, 6.07) is 17.9. The summed E-state index contributed by atoms with van der Waals surface area (Å²) in [7, 11) is 0. The number of para-hydroxylation sites is 3. The summed E-state index contributed by atoms with van der Waals surface area (Å²) in [6.07, 6.45) is 6.72. The Bertz CT molecular complexity index is 925. The van der Waals surface area contributed by atoms with Crippen LogP contribution in [0.4, 0.5) is 0 Å². The molecule has 0 saturated heterocycles. The van der Waals surface area contributed by atoms with Gasteiger partial charge in [-0.15, -0.1) is 12.0 Å². The molecule has 0 spiro atoms. The van der Waals surface area contributed by atoms with Crippen LogP contribution in [0.5, 0.6) is 11.5 Å². The Labute approximate surface area is 160 Å². The molecule has 0 saturated carbocycles. The average Bonchev–Trinajstić information content (AvgIpc) is 3.25. The zero-order valence-corrected chi connectivity index (χ0v) is 15.1. The van der Waals surface area contributed by atoms with E-state index in [-0.39, 0.29) is 33.9 Å². The number of imidazole rings is 1. The largest absolute Gasteiger partial charge is 0.511 e. The fourth-order valence-electron chi connectivity index (χ4n) is 2.57. The van der Waals surface area contributed by atoms with Gasteiger partial charge in [0.1, 0.15) is 17.2 Å². The van der Waals surface area contributed by atoms with Crippen LogP contribution in [-0.4, -0.2) is 14.8 Å². The van der Waals surface area contributed by atoms with Crippen molar-refractivity contribution in [2.24, 2.45) is 0 Å². The van der Waals surface area contributed by atoms with E-state index in [9.17, 15) is 10.2 Å². The Hall–Kier alpha value is -2.73. The number of aromatic hydroxyl groups is 2. The van der Waals surface area contributed by atoms with Gasteiger partial charge >= 0.3 is 0 Å². The van der Waals surface area contributed by atoms with Crippen LogP contribution in [0.15, 0.2) is 73.1 Å². The predicted molar refractivity (Wildman–Crippen MR) is 88.2 cm³/mol. The molecular formula is C19H14AuN3O2-. The fraction of sp³-hybridized carbons (Fsp3) is 0. The number of phenolic OH excluding ortho intramolecular Hbond substituents is 2. The number of rotatable bonds is 3. The van der Waals surface area contributed by atoms with E-state index in [1.807, 2.05) is 42.6 Å². The van der Waals surface area contributed by atoms with Gasteiger partial charge < -0.3 is 24.3 Å². The van der Waals surface area contributed by atoms with Crippen LogP contribution in [0.25, 0.3) is 22.8 Å². The number of aromatic nitrogens is 3. The van der Waals surface area contributed by atoms with E-state index in [0.29, 0.717) is 22.8 Å². The molecule has 0 aliphatic carbocycles. The maximum absolute atomic E-state index is 9.94. The molecule has 0 bridgehead atoms. The summed E-state index contributed by atoms with van der Waals surface area (Å²) >= 11 is 0. The summed E-state index contributed by atoms with van der Waals surface area (Å²) in [5, 5.41) is 19.9. The third-order valence-corrected chi connectivity index (χ3v) is 3.77. The molecule has 5 nitrogen and oxygen atoms in total. The maximum atomic E-state index is 9.94. The first-order chi connectivity index (χ1) is 11.7. The SMILES string of the molecule is Oc1ccccc1-c1ccc(-n2[c-][n+](-c3ccccc3O)cc2)[n-]1.[Au]. The molecule has 4 rings (SSSR count). The molecule has 0 aliphatic heterocycles. The quantitative estimate of drug-likeness (QED) is 0.252. The van der Waals surface area contributed by atoms with Gasteiger partial charge in [-0.2, -0.15) is 0 Å². The molecular weight excluding hydrogens is 499 g/mol. The van der Waals surface area contributed by atoms with Crippen molar-refractivity contribution in [3.63, 3.8) is 0 Å². The minimum absolute atomic E-state index is 0. The summed E-state index contributed by atoms with van der Waals surface area (Å²) < 4.78 is 3.43. The van der Waals surface area contributed by atoms with Crippen LogP contribution >= 0.6 is 0 Å². The Morgan fingerprint density at radius 2 is 1.60 bits per heavy atom. The van der Waals surface area contributed by atoms with E-state index in [1.165, 1.54) is 0 Å². The molecule has 2 aromatic heterocycles. The molecule has 6 heteroatoms. The van der Waals surface area contributed by atoms with Gasteiger partial charge in [0.2, 0.25) is 0 Å². The van der Waals surface area contributed by atoms with Crippen molar-refractivity contribution >= 4 is 0 Å². The van der Waals surface area contributed by atoms with Crippen LogP contribution in [0.3, 0.4) is 0 Å². The van der Waals surface area contributed by atoms with Gasteiger partial charge in [-0.3, -0.25) is 0 Å². The molecule has 0 aliphatic rings. The van der Waals surface area contributed by atoms with Crippen LogP contribution < -0.4 is 9.55 Å². The zero-order chi connectivity index (χ0) is 16.5. The van der Waals surface area contributed by atoms with Crippen LogP contribution in [-0.2, 0) is 22.4 Å². The number of phenols is 2. The molecule has 25 heavy (non-hydrogen) atoms. The Morgan fingerprint density at radius 3 is 2.36 bits per heavy atom. The second-order valence-electron chi connectivity index (χ2n) is 5.33. The van der Waals surface area contributed by atoms with E-state index < -0.39 is 0 Å². The van der Waals surface area contributed by atoms with Gasteiger partial charge in [0.25, 0.3) is 0 Å². The third-order valence-electron chi connectivity index (χ3n) is 3.77. The van der Waals surface area contributed by atoms with E-state index in [2.05, 4.69) is 11.3 Å². The van der Waals surface area contributed by atoms with E-state index in [1.54, 1.807) is 39.6 Å². The fourth-order valence-corrected chi connectivity index (χ4v) is 2.57. The number of hydrogen-bond donors (Lipinski definition) is 2. The van der Waals surface area contributed by atoms with Crippen molar-refractivity contribution in [2.75, 3.05) is 0 Å². The summed E-state index contributed by atoms with van der Waals surface area (Å²) in [5.41, 5.74) is 2.02. The zero-order valence-electron chi connectivity index (χ0n) is 13.0. The van der Waals surface area contributed by atoms with Gasteiger partial charge in [0.15, 0.2) is 0 Å². The van der Waals surface area contributed by atoms with Gasteiger partial charge in [-0.05, 0) is 30.1 Å².